The molecule has 17 heteroatoms. The van der Waals surface area contributed by atoms with E-state index in [2.05, 4.69) is 32.0 Å². The number of hydrogen-bond donors (Lipinski definition) is 2. The van der Waals surface area contributed by atoms with E-state index in [1.54, 1.807) is 47.6 Å². The molecule has 0 bridgehead atoms. The maximum atomic E-state index is 14.3. The summed E-state index contributed by atoms with van der Waals surface area (Å²) in [7, 11) is 0. The number of carbonyl (C=O) groups excluding carboxylic acids is 2. The summed E-state index contributed by atoms with van der Waals surface area (Å²) in [6, 6.07) is 9.91. The van der Waals surface area contributed by atoms with E-state index in [0.29, 0.717) is 19.4 Å². The van der Waals surface area contributed by atoms with Crippen LogP contribution in [0.2, 0.25) is 0 Å². The molecule has 2 N–H and O–H groups in total. The molecule has 5 rings (SSSR count). The lowest BCUT2D eigenvalue weighted by Crippen LogP contribution is -2.47. The molecule has 1 saturated heterocycles. The lowest BCUT2D eigenvalue weighted by Gasteiger charge is -2.28. The molecule has 4 aromatic rings. The third kappa shape index (κ3) is 9.94. The number of aliphatic hydroxyl groups is 1. The second kappa shape index (κ2) is 15.9. The van der Waals surface area contributed by atoms with Gasteiger partial charge < -0.3 is 33.3 Å². The largest absolute Gasteiger partial charge is 0.493 e. The smallest absolute Gasteiger partial charge is 0.437 e. The van der Waals surface area contributed by atoms with E-state index in [4.69, 9.17) is 18.7 Å². The summed E-state index contributed by atoms with van der Waals surface area (Å²) < 4.78 is 66.7. The predicted molar refractivity (Wildman–Crippen MR) is 192 cm³/mol. The van der Waals surface area contributed by atoms with Crippen molar-refractivity contribution in [2.75, 3.05) is 13.2 Å². The van der Waals surface area contributed by atoms with Crippen molar-refractivity contribution in [1.29, 1.82) is 0 Å². The van der Waals surface area contributed by atoms with E-state index in [9.17, 15) is 27.9 Å². The first kappa shape index (κ1) is 39.8. The molecule has 14 nitrogen and oxygen atoms in total. The number of nitrogens with zero attached hydrogens (tertiary/aromatic N) is 6. The first-order chi connectivity index (χ1) is 25.3. The third-order valence-electron chi connectivity index (χ3n) is 7.93. The number of aryl methyl sites for hydroxylation is 1. The average molecular weight is 756 g/mol. The number of benzene rings is 2. The molecule has 2 aromatic carbocycles. The molecule has 3 heterocycles. The number of carbonyl (C=O) groups is 2. The van der Waals surface area contributed by atoms with Gasteiger partial charge in [0.25, 0.3) is 5.89 Å². The number of guanidine groups is 1. The number of alkyl halides is 3. The number of rotatable bonds is 9. The van der Waals surface area contributed by atoms with E-state index in [1.807, 2.05) is 28.8 Å². The Balaban J connectivity index is 1.35. The molecule has 0 aliphatic carbocycles. The highest BCUT2D eigenvalue weighted by Crippen LogP contribution is 2.39. The minimum absolute atomic E-state index is 0.00794. The third-order valence-corrected chi connectivity index (χ3v) is 7.93. The molecule has 1 unspecified atom stereocenters. The van der Waals surface area contributed by atoms with Crippen molar-refractivity contribution in [1.82, 2.24) is 29.9 Å². The van der Waals surface area contributed by atoms with Crippen molar-refractivity contribution in [3.63, 3.8) is 0 Å². The standard InChI is InChI=1S/C37H44F3N7O7/c1-8-18-46-25-13-10-9-12-24(25)41-28(46)14-11-20-51-27-16-15-22(21-23(27)37(38,39)40)30-42-31(54-45-30)29-26(48)17-19-47(29)32(43-33(49)52-35(2,3)4)44-34(50)53-36(5,6)7/h8-10,12-13,15-16,21,26,29,48H,1,11,14,17-20H2,2-7H3,(H,43,44,49,50)/t26-,29?/m0/s1. The Bertz CT molecular complexity index is 2010. The van der Waals surface area contributed by atoms with E-state index in [-0.39, 0.29) is 48.6 Å². The van der Waals surface area contributed by atoms with Crippen LogP contribution in [-0.4, -0.2) is 78.3 Å². The highest BCUT2D eigenvalue weighted by molar-refractivity contribution is 5.99. The maximum absolute atomic E-state index is 14.3. The summed E-state index contributed by atoms with van der Waals surface area (Å²) in [6.07, 6.45) is -5.16. The van der Waals surface area contributed by atoms with Crippen LogP contribution in [0.3, 0.4) is 0 Å². The van der Waals surface area contributed by atoms with Gasteiger partial charge in [0, 0.05) is 25.1 Å². The minimum Gasteiger partial charge on any atom is -0.493 e. The van der Waals surface area contributed by atoms with Crippen LogP contribution in [0.25, 0.3) is 22.4 Å². The number of ether oxygens (including phenoxy) is 3. The number of allylic oxidation sites excluding steroid dienone is 1. The molecule has 2 atom stereocenters. The van der Waals surface area contributed by atoms with Crippen LogP contribution < -0.4 is 10.1 Å². The number of hydrogen-bond acceptors (Lipinski definition) is 10. The van der Waals surface area contributed by atoms with Crippen LogP contribution in [0.5, 0.6) is 5.75 Å². The van der Waals surface area contributed by atoms with Gasteiger partial charge >= 0.3 is 18.4 Å². The lowest BCUT2D eigenvalue weighted by atomic mass is 10.1. The van der Waals surface area contributed by atoms with E-state index in [0.717, 1.165) is 22.9 Å². The van der Waals surface area contributed by atoms with Gasteiger partial charge in [0.15, 0.2) is 0 Å². The second-order valence-electron chi connectivity index (χ2n) is 14.6. The molecule has 0 saturated carbocycles. The quantitative estimate of drug-likeness (QED) is 0.0766. The zero-order chi connectivity index (χ0) is 39.4. The topological polar surface area (TPSA) is 166 Å². The zero-order valence-electron chi connectivity index (χ0n) is 30.9. The summed E-state index contributed by atoms with van der Waals surface area (Å²) >= 11 is 0. The predicted octanol–water partition coefficient (Wildman–Crippen LogP) is 7.23. The number of aliphatic imine (C=N–C) groups is 1. The van der Waals surface area contributed by atoms with Gasteiger partial charge in [-0.15, -0.1) is 11.6 Å². The number of nitrogens with one attached hydrogen (secondary N) is 1. The highest BCUT2D eigenvalue weighted by atomic mass is 19.4. The SMILES string of the molecule is C=CCn1c(CCCOc2ccc(-c3noc(C4[C@@H](O)CCN4/C(=N/C(=O)OC(C)(C)C)NC(=O)OC(C)(C)C)n3)cc2C(F)(F)F)nc2ccccc21. The molecule has 0 radical (unpaired) electrons. The van der Waals surface area contributed by atoms with Gasteiger partial charge in [-0.3, -0.25) is 5.32 Å². The molecule has 1 fully saturated rings. The van der Waals surface area contributed by atoms with Crippen molar-refractivity contribution in [3.8, 4) is 17.1 Å². The fourth-order valence-corrected chi connectivity index (χ4v) is 5.79. The summed E-state index contributed by atoms with van der Waals surface area (Å²) in [4.78, 5) is 39.7. The van der Waals surface area contributed by atoms with Crippen molar-refractivity contribution < 1.29 is 46.6 Å². The summed E-state index contributed by atoms with van der Waals surface area (Å²) in [5.41, 5.74) is -1.12. The lowest BCUT2D eigenvalue weighted by molar-refractivity contribution is -0.138. The highest BCUT2D eigenvalue weighted by Gasteiger charge is 2.42. The van der Waals surface area contributed by atoms with E-state index in [1.165, 1.54) is 17.0 Å². The number of likely N-dealkylation sites (tertiary alicyclic amines) is 1. The molecule has 2 aromatic heterocycles. The normalized spacial score (nSPS) is 16.8. The van der Waals surface area contributed by atoms with Crippen LogP contribution in [0.4, 0.5) is 22.8 Å². The van der Waals surface area contributed by atoms with Crippen molar-refractivity contribution >= 4 is 29.2 Å². The van der Waals surface area contributed by atoms with Crippen LogP contribution in [-0.2, 0) is 28.6 Å². The van der Waals surface area contributed by atoms with Gasteiger partial charge in [-0.1, -0.05) is 23.4 Å². The molecule has 0 spiro atoms. The summed E-state index contributed by atoms with van der Waals surface area (Å²) in [5.74, 6) is -0.322. The molecule has 2 amide bonds. The number of fused-ring (bicyclic) bond motifs is 1. The molecular weight excluding hydrogens is 711 g/mol. The minimum atomic E-state index is -4.78. The van der Waals surface area contributed by atoms with Gasteiger partial charge in [0.05, 0.1) is 29.3 Å². The molecular formula is C37H44F3N7O7. The summed E-state index contributed by atoms with van der Waals surface area (Å²) in [6.45, 7) is 14.2. The zero-order valence-corrected chi connectivity index (χ0v) is 30.9. The van der Waals surface area contributed by atoms with Gasteiger partial charge in [0.1, 0.15) is 28.8 Å². The first-order valence-corrected chi connectivity index (χ1v) is 17.3. The maximum Gasteiger partial charge on any atom is 0.437 e. The number of alkyl carbamates (subject to hydrolysis) is 1. The Hall–Kier alpha value is -5.45. The Morgan fingerprint density at radius 3 is 2.48 bits per heavy atom. The van der Waals surface area contributed by atoms with Gasteiger partial charge in [0.2, 0.25) is 11.8 Å². The molecule has 1 aliphatic heterocycles. The number of aliphatic hydroxyl groups excluding tert-OH is 1. The molecule has 290 valence electrons. The van der Waals surface area contributed by atoms with Crippen LogP contribution in [0.15, 0.2) is 64.6 Å². The Labute approximate surface area is 310 Å². The van der Waals surface area contributed by atoms with Crippen LogP contribution in [0, 0.1) is 0 Å². The Kier molecular flexibility index (Phi) is 11.7. The molecule has 1 aliphatic rings. The van der Waals surface area contributed by atoms with Crippen molar-refractivity contribution in [3.05, 3.63) is 72.4 Å². The number of aromatic nitrogens is 4. The van der Waals surface area contributed by atoms with Crippen molar-refractivity contribution in [2.24, 2.45) is 4.99 Å². The number of imidazole rings is 1. The number of halogens is 3. The Morgan fingerprint density at radius 2 is 1.80 bits per heavy atom. The van der Waals surface area contributed by atoms with Gasteiger partial charge in [-0.2, -0.15) is 18.2 Å². The average Bonchev–Trinajstić information content (AvgIpc) is 3.78. The number of para-hydroxylation sites is 2. The summed E-state index contributed by atoms with van der Waals surface area (Å²) in [5, 5.41) is 17.3. The van der Waals surface area contributed by atoms with E-state index >= 15 is 0 Å². The fourth-order valence-electron chi connectivity index (χ4n) is 5.79. The first-order valence-electron chi connectivity index (χ1n) is 17.3. The fraction of sp³-hybridized carbons (Fsp3) is 0.459. The van der Waals surface area contributed by atoms with Crippen molar-refractivity contribution in [2.45, 2.75) is 96.9 Å². The van der Waals surface area contributed by atoms with Crippen LogP contribution >= 0.6 is 0 Å². The number of amides is 2. The second-order valence-corrected chi connectivity index (χ2v) is 14.6. The molecule has 54 heavy (non-hydrogen) atoms. The Morgan fingerprint density at radius 1 is 1.07 bits per heavy atom. The monoisotopic (exact) mass is 755 g/mol. The van der Waals surface area contributed by atoms with Crippen LogP contribution in [0.1, 0.15) is 77.7 Å². The van der Waals surface area contributed by atoms with Gasteiger partial charge in [-0.25, -0.2) is 14.6 Å². The van der Waals surface area contributed by atoms with E-state index < -0.39 is 47.3 Å². The van der Waals surface area contributed by atoms with Gasteiger partial charge in [-0.05, 0) is 84.7 Å².